The number of ether oxygens (including phenoxy) is 1. The summed E-state index contributed by atoms with van der Waals surface area (Å²) in [4.78, 5) is 37.3. The van der Waals surface area contributed by atoms with E-state index < -0.39 is 39.9 Å². The van der Waals surface area contributed by atoms with Crippen LogP contribution < -0.4 is 11.1 Å². The van der Waals surface area contributed by atoms with Crippen molar-refractivity contribution in [3.05, 3.63) is 29.8 Å². The third kappa shape index (κ3) is 5.43. The molecule has 27 heavy (non-hydrogen) atoms. The second kappa shape index (κ2) is 8.38. The fourth-order valence-electron chi connectivity index (χ4n) is 2.99. The molecule has 1 aromatic rings. The average molecular weight is 397 g/mol. The van der Waals surface area contributed by atoms with Crippen molar-refractivity contribution < 1.29 is 27.5 Å². The van der Waals surface area contributed by atoms with Gasteiger partial charge in [-0.1, -0.05) is 6.07 Å². The van der Waals surface area contributed by atoms with Crippen LogP contribution in [0.15, 0.2) is 24.3 Å². The maximum Gasteiger partial charge on any atom is 0.338 e. The number of urea groups is 1. The highest BCUT2D eigenvalue weighted by molar-refractivity contribution is 7.91. The van der Waals surface area contributed by atoms with Gasteiger partial charge in [-0.15, -0.1) is 0 Å². The van der Waals surface area contributed by atoms with Gasteiger partial charge in [-0.3, -0.25) is 4.79 Å². The zero-order valence-corrected chi connectivity index (χ0v) is 16.0. The molecule has 3 N–H and O–H groups in total. The lowest BCUT2D eigenvalue weighted by Crippen LogP contribution is -2.46. The Labute approximate surface area is 157 Å². The van der Waals surface area contributed by atoms with Crippen LogP contribution in [0.1, 0.15) is 30.6 Å². The Morgan fingerprint density at radius 1 is 1.37 bits per heavy atom. The Morgan fingerprint density at radius 3 is 2.63 bits per heavy atom. The SMILES string of the molecule is CCN(C(=O)[C@@H](C)OC(=O)c1cccc(NC(N)=O)c1)[C@@H]1CCS(=O)(=O)C1. The molecule has 0 aromatic heterocycles. The molecule has 2 atom stereocenters. The van der Waals surface area contributed by atoms with Gasteiger partial charge < -0.3 is 20.7 Å². The molecule has 1 aliphatic heterocycles. The summed E-state index contributed by atoms with van der Waals surface area (Å²) in [5.74, 6) is -1.21. The number of hydrogen-bond donors (Lipinski definition) is 2. The number of benzene rings is 1. The molecule has 0 spiro atoms. The topological polar surface area (TPSA) is 136 Å². The number of primary amides is 1. The number of nitrogens with one attached hydrogen (secondary N) is 1. The molecule has 148 valence electrons. The van der Waals surface area contributed by atoms with Gasteiger partial charge in [0.2, 0.25) is 0 Å². The summed E-state index contributed by atoms with van der Waals surface area (Å²) in [6.45, 7) is 3.51. The average Bonchev–Trinajstić information content (AvgIpc) is 2.94. The van der Waals surface area contributed by atoms with Crippen molar-refractivity contribution >= 4 is 33.4 Å². The van der Waals surface area contributed by atoms with E-state index in [1.807, 2.05) is 0 Å². The zero-order valence-electron chi connectivity index (χ0n) is 15.2. The largest absolute Gasteiger partial charge is 0.449 e. The number of esters is 1. The normalized spacial score (nSPS) is 19.1. The maximum absolute atomic E-state index is 12.6. The fourth-order valence-corrected chi connectivity index (χ4v) is 4.72. The molecule has 0 bridgehead atoms. The van der Waals surface area contributed by atoms with E-state index in [-0.39, 0.29) is 17.1 Å². The lowest BCUT2D eigenvalue weighted by atomic mass is 10.2. The highest BCUT2D eigenvalue weighted by Gasteiger charge is 2.36. The van der Waals surface area contributed by atoms with Crippen molar-refractivity contribution in [1.82, 2.24) is 4.90 Å². The Morgan fingerprint density at radius 2 is 2.07 bits per heavy atom. The highest BCUT2D eigenvalue weighted by Crippen LogP contribution is 2.19. The zero-order chi connectivity index (χ0) is 20.2. The molecule has 1 fully saturated rings. The molecule has 0 saturated carbocycles. The summed E-state index contributed by atoms with van der Waals surface area (Å²) in [6, 6.07) is 4.77. The summed E-state index contributed by atoms with van der Waals surface area (Å²) in [5.41, 5.74) is 5.51. The number of carbonyl (C=O) groups excluding carboxylic acids is 3. The maximum atomic E-state index is 12.6. The van der Waals surface area contributed by atoms with Gasteiger partial charge in [-0.2, -0.15) is 0 Å². The first-order valence-electron chi connectivity index (χ1n) is 8.51. The van der Waals surface area contributed by atoms with Crippen LogP contribution in [0.4, 0.5) is 10.5 Å². The Balaban J connectivity index is 2.04. The van der Waals surface area contributed by atoms with Gasteiger partial charge in [-0.05, 0) is 38.5 Å². The van der Waals surface area contributed by atoms with Gasteiger partial charge in [0.15, 0.2) is 15.9 Å². The Bertz CT molecular complexity index is 839. The number of carbonyl (C=O) groups is 3. The molecule has 0 unspecified atom stereocenters. The van der Waals surface area contributed by atoms with E-state index in [0.717, 1.165) is 0 Å². The molecule has 10 heteroatoms. The van der Waals surface area contributed by atoms with Crippen LogP contribution in [0.5, 0.6) is 0 Å². The van der Waals surface area contributed by atoms with Crippen molar-refractivity contribution in [3.8, 4) is 0 Å². The van der Waals surface area contributed by atoms with Gasteiger partial charge in [0.25, 0.3) is 5.91 Å². The first-order chi connectivity index (χ1) is 12.6. The van der Waals surface area contributed by atoms with Crippen LogP contribution >= 0.6 is 0 Å². The summed E-state index contributed by atoms with van der Waals surface area (Å²) in [6.07, 6.45) is -0.697. The van der Waals surface area contributed by atoms with E-state index in [1.165, 1.54) is 30.0 Å². The molecule has 1 aromatic carbocycles. The number of nitrogens with two attached hydrogens (primary N) is 1. The molecular formula is C17H23N3O6S. The smallest absolute Gasteiger partial charge is 0.338 e. The van der Waals surface area contributed by atoms with E-state index in [1.54, 1.807) is 13.0 Å². The number of rotatable bonds is 6. The van der Waals surface area contributed by atoms with Crippen LogP contribution in [-0.4, -0.2) is 61.4 Å². The van der Waals surface area contributed by atoms with Crippen molar-refractivity contribution in [2.24, 2.45) is 5.73 Å². The van der Waals surface area contributed by atoms with Gasteiger partial charge in [0.05, 0.1) is 17.1 Å². The highest BCUT2D eigenvalue weighted by atomic mass is 32.2. The van der Waals surface area contributed by atoms with Crippen LogP contribution in [0, 0.1) is 0 Å². The third-order valence-corrected chi connectivity index (χ3v) is 6.02. The standard InChI is InChI=1S/C17H23N3O6S/c1-3-20(14-7-8-27(24,25)10-14)15(21)11(2)26-16(22)12-5-4-6-13(9-12)19-17(18)23/h4-6,9,11,14H,3,7-8,10H2,1-2H3,(H3,18,19,23)/t11-,14-/m1/s1. The molecule has 3 amide bonds. The minimum absolute atomic E-state index is 0.0509. The number of likely N-dealkylation sites (N-methyl/N-ethyl adjacent to an activating group) is 1. The van der Waals surface area contributed by atoms with E-state index in [4.69, 9.17) is 10.5 Å². The first kappa shape index (κ1) is 20.7. The van der Waals surface area contributed by atoms with Crippen molar-refractivity contribution in [2.75, 3.05) is 23.4 Å². The molecule has 0 radical (unpaired) electrons. The number of hydrogen-bond acceptors (Lipinski definition) is 6. The van der Waals surface area contributed by atoms with Crippen LogP contribution in [0.2, 0.25) is 0 Å². The minimum atomic E-state index is -3.14. The van der Waals surface area contributed by atoms with E-state index in [2.05, 4.69) is 5.32 Å². The second-order valence-corrected chi connectivity index (χ2v) is 8.53. The summed E-state index contributed by atoms with van der Waals surface area (Å²) >= 11 is 0. The van der Waals surface area contributed by atoms with Crippen LogP contribution in [0.25, 0.3) is 0 Å². The van der Waals surface area contributed by atoms with Gasteiger partial charge >= 0.3 is 12.0 Å². The molecule has 9 nitrogen and oxygen atoms in total. The van der Waals surface area contributed by atoms with Crippen molar-refractivity contribution in [3.63, 3.8) is 0 Å². The van der Waals surface area contributed by atoms with E-state index in [0.29, 0.717) is 18.7 Å². The fraction of sp³-hybridized carbons (Fsp3) is 0.471. The summed E-state index contributed by atoms with van der Waals surface area (Å²) in [5, 5.41) is 2.35. The van der Waals surface area contributed by atoms with Gasteiger partial charge in [-0.25, -0.2) is 18.0 Å². The van der Waals surface area contributed by atoms with Gasteiger partial charge in [0, 0.05) is 18.3 Å². The van der Waals surface area contributed by atoms with Crippen molar-refractivity contribution in [2.45, 2.75) is 32.4 Å². The molecule has 2 rings (SSSR count). The molecule has 1 heterocycles. The molecular weight excluding hydrogens is 374 g/mol. The number of nitrogens with zero attached hydrogens (tertiary/aromatic N) is 1. The monoisotopic (exact) mass is 397 g/mol. The minimum Gasteiger partial charge on any atom is -0.449 e. The number of amides is 3. The van der Waals surface area contributed by atoms with E-state index in [9.17, 15) is 22.8 Å². The summed E-state index contributed by atoms with van der Waals surface area (Å²) < 4.78 is 28.6. The second-order valence-electron chi connectivity index (χ2n) is 6.30. The Hall–Kier alpha value is -2.62. The molecule has 1 saturated heterocycles. The van der Waals surface area contributed by atoms with E-state index >= 15 is 0 Å². The predicted molar refractivity (Wildman–Crippen MR) is 99.0 cm³/mol. The van der Waals surface area contributed by atoms with Gasteiger partial charge in [0.1, 0.15) is 0 Å². The third-order valence-electron chi connectivity index (χ3n) is 4.27. The lowest BCUT2D eigenvalue weighted by molar-refractivity contribution is -0.141. The number of sulfone groups is 1. The quantitative estimate of drug-likeness (QED) is 0.680. The van der Waals surface area contributed by atoms with Crippen LogP contribution in [-0.2, 0) is 19.4 Å². The predicted octanol–water partition coefficient (Wildman–Crippen LogP) is 0.758. The first-order valence-corrected chi connectivity index (χ1v) is 10.3. The molecule has 1 aliphatic rings. The van der Waals surface area contributed by atoms with Crippen molar-refractivity contribution in [1.29, 1.82) is 0 Å². The summed E-state index contributed by atoms with van der Waals surface area (Å²) in [7, 11) is -3.14. The van der Waals surface area contributed by atoms with Crippen LogP contribution in [0.3, 0.4) is 0 Å². The Kier molecular flexibility index (Phi) is 6.42. The molecule has 0 aliphatic carbocycles. The lowest BCUT2D eigenvalue weighted by Gasteiger charge is -2.29. The number of anilines is 1.